The normalized spacial score (nSPS) is 19.2. The number of nitrogens with one attached hydrogen (secondary N) is 1. The fourth-order valence-corrected chi connectivity index (χ4v) is 3.46. The topological polar surface area (TPSA) is 65.1 Å². The molecule has 1 aliphatic heterocycles. The van der Waals surface area contributed by atoms with Crippen LogP contribution in [0.25, 0.3) is 11.3 Å². The van der Waals surface area contributed by atoms with Gasteiger partial charge in [0.25, 0.3) is 0 Å². The fraction of sp³-hybridized carbons (Fsp3) is 0.526. The van der Waals surface area contributed by atoms with E-state index in [1.807, 2.05) is 32.3 Å². The summed E-state index contributed by atoms with van der Waals surface area (Å²) in [6, 6.07) is 8.61. The Morgan fingerprint density at radius 1 is 1.33 bits per heavy atom. The molecule has 1 aromatic heterocycles. The number of hydrogen-bond donors (Lipinski definition) is 2. The number of nitrogens with zero attached hydrogens (tertiary/aromatic N) is 2. The number of benzene rings is 1. The molecule has 0 saturated carbocycles. The predicted molar refractivity (Wildman–Crippen MR) is 97.0 cm³/mol. The van der Waals surface area contributed by atoms with Crippen LogP contribution in [0.2, 0.25) is 0 Å². The van der Waals surface area contributed by atoms with Gasteiger partial charge in [0.2, 0.25) is 0 Å². The Morgan fingerprint density at radius 3 is 2.79 bits per heavy atom. The molecule has 1 saturated heterocycles. The van der Waals surface area contributed by atoms with E-state index >= 15 is 0 Å². The van der Waals surface area contributed by atoms with Crippen molar-refractivity contribution in [2.45, 2.75) is 44.7 Å². The minimum atomic E-state index is -0.0398. The smallest absolute Gasteiger partial charge is 0.125 e. The second-order valence-corrected chi connectivity index (χ2v) is 6.51. The van der Waals surface area contributed by atoms with Gasteiger partial charge in [-0.1, -0.05) is 6.42 Å². The van der Waals surface area contributed by atoms with Gasteiger partial charge in [0.15, 0.2) is 0 Å². The summed E-state index contributed by atoms with van der Waals surface area (Å²) in [5, 5.41) is 3.56. The van der Waals surface area contributed by atoms with Gasteiger partial charge in [0.05, 0.1) is 24.5 Å². The van der Waals surface area contributed by atoms with Crippen LogP contribution in [0.5, 0.6) is 5.75 Å². The van der Waals surface area contributed by atoms with E-state index in [2.05, 4.69) is 27.0 Å². The highest BCUT2D eigenvalue weighted by molar-refractivity contribution is 5.60. The summed E-state index contributed by atoms with van der Waals surface area (Å²) < 4.78 is 7.62. The molecule has 5 nitrogen and oxygen atoms in total. The maximum absolute atomic E-state index is 6.44. The molecule has 3 N–H and O–H groups in total. The van der Waals surface area contributed by atoms with Crippen LogP contribution in [-0.4, -0.2) is 28.7 Å². The molecule has 0 radical (unpaired) electrons. The van der Waals surface area contributed by atoms with E-state index in [4.69, 9.17) is 10.5 Å². The second kappa shape index (κ2) is 7.81. The number of ether oxygens (including phenoxy) is 1. The molecule has 0 aliphatic carbocycles. The van der Waals surface area contributed by atoms with Crippen molar-refractivity contribution in [2.75, 3.05) is 13.2 Å². The Labute approximate surface area is 144 Å². The van der Waals surface area contributed by atoms with E-state index in [1.165, 1.54) is 19.3 Å². The highest BCUT2D eigenvalue weighted by Crippen LogP contribution is 2.26. The van der Waals surface area contributed by atoms with Crippen molar-refractivity contribution in [3.05, 3.63) is 36.3 Å². The summed E-state index contributed by atoms with van der Waals surface area (Å²) in [6.45, 7) is 3.78. The Hall–Kier alpha value is -1.85. The van der Waals surface area contributed by atoms with Gasteiger partial charge in [-0.05, 0) is 57.0 Å². The molecule has 1 unspecified atom stereocenters. The zero-order valence-corrected chi connectivity index (χ0v) is 14.7. The van der Waals surface area contributed by atoms with E-state index in [9.17, 15) is 0 Å². The van der Waals surface area contributed by atoms with E-state index in [-0.39, 0.29) is 6.04 Å². The van der Waals surface area contributed by atoms with Crippen LogP contribution < -0.4 is 15.8 Å². The van der Waals surface area contributed by atoms with Crippen LogP contribution in [0.1, 0.15) is 44.5 Å². The molecule has 130 valence electrons. The maximum atomic E-state index is 6.44. The van der Waals surface area contributed by atoms with E-state index in [0.29, 0.717) is 12.6 Å². The first-order valence-electron chi connectivity index (χ1n) is 8.93. The number of piperidine rings is 1. The Morgan fingerprint density at radius 2 is 2.12 bits per heavy atom. The summed E-state index contributed by atoms with van der Waals surface area (Å²) in [5.74, 6) is 1.84. The van der Waals surface area contributed by atoms with E-state index in [0.717, 1.165) is 35.8 Å². The second-order valence-electron chi connectivity index (χ2n) is 6.51. The first kappa shape index (κ1) is 17.0. The van der Waals surface area contributed by atoms with Crippen molar-refractivity contribution >= 4 is 0 Å². The third-order valence-corrected chi connectivity index (χ3v) is 4.77. The monoisotopic (exact) mass is 328 g/mol. The quantitative estimate of drug-likeness (QED) is 0.855. The van der Waals surface area contributed by atoms with E-state index in [1.54, 1.807) is 0 Å². The highest BCUT2D eigenvalue weighted by Gasteiger charge is 2.21. The molecule has 0 bridgehead atoms. The van der Waals surface area contributed by atoms with Crippen LogP contribution in [-0.2, 0) is 7.05 Å². The first-order valence-corrected chi connectivity index (χ1v) is 8.93. The third kappa shape index (κ3) is 3.79. The number of imidazole rings is 1. The molecule has 0 spiro atoms. The fourth-order valence-electron chi connectivity index (χ4n) is 3.46. The van der Waals surface area contributed by atoms with Crippen molar-refractivity contribution in [1.82, 2.24) is 14.9 Å². The SMILES string of the molecule is CCOc1ccc(-c2cnc([C@@H](N)CC3CCCCN3)n2C)cc1. The predicted octanol–water partition coefficient (Wildman–Crippen LogP) is 3.02. The van der Waals surface area contributed by atoms with Gasteiger partial charge in [-0.25, -0.2) is 4.98 Å². The molecule has 5 heteroatoms. The summed E-state index contributed by atoms with van der Waals surface area (Å²) in [5.41, 5.74) is 8.65. The molecule has 24 heavy (non-hydrogen) atoms. The average Bonchev–Trinajstić information content (AvgIpc) is 2.98. The number of aromatic nitrogens is 2. The van der Waals surface area contributed by atoms with Gasteiger partial charge in [0, 0.05) is 18.7 Å². The molecule has 1 aliphatic rings. The van der Waals surface area contributed by atoms with Crippen molar-refractivity contribution < 1.29 is 4.74 Å². The van der Waals surface area contributed by atoms with Crippen molar-refractivity contribution in [3.63, 3.8) is 0 Å². The lowest BCUT2D eigenvalue weighted by atomic mass is 9.98. The molecule has 1 aromatic carbocycles. The van der Waals surface area contributed by atoms with Gasteiger partial charge in [-0.2, -0.15) is 0 Å². The first-order chi connectivity index (χ1) is 11.7. The molecule has 3 rings (SSSR count). The van der Waals surface area contributed by atoms with Gasteiger partial charge in [0.1, 0.15) is 11.6 Å². The van der Waals surface area contributed by atoms with Crippen molar-refractivity contribution in [2.24, 2.45) is 12.8 Å². The van der Waals surface area contributed by atoms with Crippen LogP contribution in [0.15, 0.2) is 30.5 Å². The van der Waals surface area contributed by atoms with Crippen molar-refractivity contribution in [3.8, 4) is 17.0 Å². The van der Waals surface area contributed by atoms with E-state index < -0.39 is 0 Å². The Balaban J connectivity index is 1.72. The molecule has 2 atom stereocenters. The lowest BCUT2D eigenvalue weighted by Crippen LogP contribution is -2.37. The maximum Gasteiger partial charge on any atom is 0.125 e. The van der Waals surface area contributed by atoms with Crippen molar-refractivity contribution in [1.29, 1.82) is 0 Å². The number of nitrogens with two attached hydrogens (primary N) is 1. The Kier molecular flexibility index (Phi) is 5.53. The zero-order chi connectivity index (χ0) is 16.9. The number of rotatable bonds is 6. The van der Waals surface area contributed by atoms with Gasteiger partial charge >= 0.3 is 0 Å². The average molecular weight is 328 g/mol. The molecule has 2 aromatic rings. The Bertz CT molecular complexity index is 644. The zero-order valence-electron chi connectivity index (χ0n) is 14.7. The molecule has 0 amide bonds. The minimum absolute atomic E-state index is 0.0398. The molecule has 2 heterocycles. The molecular weight excluding hydrogens is 300 g/mol. The minimum Gasteiger partial charge on any atom is -0.494 e. The van der Waals surface area contributed by atoms with Gasteiger partial charge in [-0.15, -0.1) is 0 Å². The third-order valence-electron chi connectivity index (χ3n) is 4.77. The van der Waals surface area contributed by atoms with Crippen LogP contribution >= 0.6 is 0 Å². The van der Waals surface area contributed by atoms with Crippen LogP contribution in [0.4, 0.5) is 0 Å². The summed E-state index contributed by atoms with van der Waals surface area (Å²) in [4.78, 5) is 4.60. The standard InChI is InChI=1S/C19H28N4O/c1-3-24-16-9-7-14(8-10-16)18-13-22-19(23(18)2)17(20)12-15-6-4-5-11-21-15/h7-10,13,15,17,21H,3-6,11-12,20H2,1-2H3/t15?,17-/m0/s1. The molecule has 1 fully saturated rings. The van der Waals surface area contributed by atoms with Gasteiger partial charge < -0.3 is 20.4 Å². The number of hydrogen-bond acceptors (Lipinski definition) is 4. The highest BCUT2D eigenvalue weighted by atomic mass is 16.5. The largest absolute Gasteiger partial charge is 0.494 e. The summed E-state index contributed by atoms with van der Waals surface area (Å²) in [6.07, 6.45) is 6.63. The molecular formula is C19H28N4O. The van der Waals surface area contributed by atoms with Crippen LogP contribution in [0.3, 0.4) is 0 Å². The lowest BCUT2D eigenvalue weighted by Gasteiger charge is -2.26. The van der Waals surface area contributed by atoms with Gasteiger partial charge in [-0.3, -0.25) is 0 Å². The lowest BCUT2D eigenvalue weighted by molar-refractivity contribution is 0.340. The van der Waals surface area contributed by atoms with Crippen LogP contribution in [0, 0.1) is 0 Å². The summed E-state index contributed by atoms with van der Waals surface area (Å²) in [7, 11) is 2.04. The summed E-state index contributed by atoms with van der Waals surface area (Å²) >= 11 is 0.